The van der Waals surface area contributed by atoms with Crippen LogP contribution in [-0.4, -0.2) is 84.1 Å². The Morgan fingerprint density at radius 2 is 2.12 bits per heavy atom. The zero-order chi connectivity index (χ0) is 31.2. The van der Waals surface area contributed by atoms with E-state index in [9.17, 15) is 28.3 Å². The minimum Gasteiger partial charge on any atom is -0.390 e. The molecule has 0 aromatic rings. The van der Waals surface area contributed by atoms with E-state index in [4.69, 9.17) is 20.6 Å². The highest BCUT2D eigenvalue weighted by atomic mass is 19.2. The lowest BCUT2D eigenvalue weighted by molar-refractivity contribution is -0.132. The number of hydrogen-bond donors (Lipinski definition) is 4. The van der Waals surface area contributed by atoms with Crippen LogP contribution in [0.4, 0.5) is 8.78 Å². The number of hydrogen-bond acceptors (Lipinski definition) is 7. The first-order valence-corrected chi connectivity index (χ1v) is 13.5. The van der Waals surface area contributed by atoms with Crippen molar-refractivity contribution in [2.45, 2.75) is 45.6 Å². The van der Waals surface area contributed by atoms with Gasteiger partial charge in [0.15, 0.2) is 11.7 Å². The lowest BCUT2D eigenvalue weighted by Crippen LogP contribution is -2.33. The number of amidine groups is 1. The fourth-order valence-electron chi connectivity index (χ4n) is 4.04. The van der Waals surface area contributed by atoms with Gasteiger partial charge in [-0.25, -0.2) is 8.78 Å². The number of carbonyl (C=O) groups excluding carboxylic acids is 3. The highest BCUT2D eigenvalue weighted by Gasteiger charge is 2.22. The van der Waals surface area contributed by atoms with Crippen LogP contribution in [-0.2, 0) is 23.9 Å². The molecule has 5 N–H and O–H groups in total. The normalized spacial score (nSPS) is 17.3. The van der Waals surface area contributed by atoms with E-state index in [1.165, 1.54) is 11.0 Å². The fourth-order valence-corrected chi connectivity index (χ4v) is 4.04. The highest BCUT2D eigenvalue weighted by Crippen LogP contribution is 2.26. The molecule has 0 aromatic heterocycles. The molecule has 1 aliphatic heterocycles. The van der Waals surface area contributed by atoms with Gasteiger partial charge >= 0.3 is 0 Å². The van der Waals surface area contributed by atoms with E-state index in [0.29, 0.717) is 31.0 Å². The zero-order valence-electron chi connectivity index (χ0n) is 24.0. The van der Waals surface area contributed by atoms with Crippen molar-refractivity contribution in [2.75, 3.05) is 39.5 Å². The number of aliphatic hydroxyl groups is 1. The minimum absolute atomic E-state index is 0.00835. The molecular formula is C29H39F2N5O6. The minimum atomic E-state index is -1.36. The molecule has 1 aliphatic carbocycles. The van der Waals surface area contributed by atoms with Crippen molar-refractivity contribution in [3.63, 3.8) is 0 Å². The van der Waals surface area contributed by atoms with Gasteiger partial charge in [0, 0.05) is 43.1 Å². The van der Waals surface area contributed by atoms with Gasteiger partial charge in [0.2, 0.25) is 11.8 Å². The summed E-state index contributed by atoms with van der Waals surface area (Å²) in [6, 6.07) is 0. The maximum Gasteiger partial charge on any atom is 0.252 e. The number of ether oxygens (including phenoxy) is 2. The third-order valence-corrected chi connectivity index (χ3v) is 6.29. The van der Waals surface area contributed by atoms with E-state index >= 15 is 0 Å². The molecule has 11 nitrogen and oxygen atoms in total. The molecule has 3 amide bonds. The number of nitrogens with one attached hydrogen (secondary N) is 2. The average Bonchev–Trinajstić information content (AvgIpc) is 3.24. The summed E-state index contributed by atoms with van der Waals surface area (Å²) in [6.45, 7) is 8.44. The van der Waals surface area contributed by atoms with Crippen molar-refractivity contribution in [3.8, 4) is 0 Å². The third-order valence-electron chi connectivity index (χ3n) is 6.29. The summed E-state index contributed by atoms with van der Waals surface area (Å²) in [6.07, 6.45) is 6.75. The van der Waals surface area contributed by atoms with Crippen LogP contribution in [0.1, 0.15) is 39.5 Å². The zero-order valence-corrected chi connectivity index (χ0v) is 24.0. The van der Waals surface area contributed by atoms with E-state index in [1.54, 1.807) is 37.0 Å². The van der Waals surface area contributed by atoms with Crippen molar-refractivity contribution in [2.24, 2.45) is 5.73 Å². The van der Waals surface area contributed by atoms with Crippen LogP contribution < -0.4 is 11.1 Å². The summed E-state index contributed by atoms with van der Waals surface area (Å²) in [7, 11) is 0. The van der Waals surface area contributed by atoms with Gasteiger partial charge in [0.05, 0.1) is 31.4 Å². The maximum absolute atomic E-state index is 14.4. The van der Waals surface area contributed by atoms with Gasteiger partial charge in [0.1, 0.15) is 12.4 Å². The molecule has 230 valence electrons. The average molecular weight is 592 g/mol. The van der Waals surface area contributed by atoms with Gasteiger partial charge in [-0.2, -0.15) is 0 Å². The topological polar surface area (TPSA) is 158 Å². The quantitative estimate of drug-likeness (QED) is 0.105. The van der Waals surface area contributed by atoms with Crippen LogP contribution >= 0.6 is 0 Å². The lowest BCUT2D eigenvalue weighted by atomic mass is 10.1. The number of allylic oxidation sites excluding steroid dienone is 8. The number of rotatable bonds is 14. The van der Waals surface area contributed by atoms with Gasteiger partial charge in [0.25, 0.3) is 5.91 Å². The SMILES string of the molecule is C=C(/C=C\C=C(/C)N(CCOCC(O)CC(=O)NC1=C(F)C(F)=C(C(=N)N)CC=C1)C(=O)CC)N1CCCOCC1=O. The van der Waals surface area contributed by atoms with E-state index in [-0.39, 0.29) is 56.6 Å². The standard InChI is InChI=1S/C29H39F2N5O6/c1-4-25(39)36(20(3)9-5-8-19(2)35-12-7-14-41-18-26(35)40)13-15-42-17-21(37)16-24(38)34-23-11-6-10-22(29(32)33)27(30)28(23)31/h5-6,8-9,11,21,37H,2,4,7,10,12-18H2,1,3H3,(H3,32,33)(H,34,38)/b8-5-,20-9+. The molecule has 13 heteroatoms. The van der Waals surface area contributed by atoms with Crippen molar-refractivity contribution < 1.29 is 37.7 Å². The first kappa shape index (κ1) is 34.3. The fraction of sp³-hybridized carbons (Fsp3) is 0.448. The summed E-state index contributed by atoms with van der Waals surface area (Å²) in [4.78, 5) is 40.0. The lowest BCUT2D eigenvalue weighted by Gasteiger charge is -2.23. The predicted molar refractivity (Wildman–Crippen MR) is 153 cm³/mol. The maximum atomic E-state index is 14.4. The molecule has 1 atom stereocenters. The van der Waals surface area contributed by atoms with Gasteiger partial charge in [-0.15, -0.1) is 0 Å². The molecule has 1 saturated heterocycles. The van der Waals surface area contributed by atoms with Gasteiger partial charge in [-0.05, 0) is 38.0 Å². The van der Waals surface area contributed by atoms with Crippen molar-refractivity contribution in [1.82, 2.24) is 15.1 Å². The molecule has 42 heavy (non-hydrogen) atoms. The van der Waals surface area contributed by atoms with E-state index < -0.39 is 41.6 Å². The Kier molecular flexibility index (Phi) is 14.0. The highest BCUT2D eigenvalue weighted by molar-refractivity contribution is 5.96. The number of amides is 3. The van der Waals surface area contributed by atoms with Crippen LogP contribution in [0.5, 0.6) is 0 Å². The first-order valence-electron chi connectivity index (χ1n) is 13.5. The summed E-state index contributed by atoms with van der Waals surface area (Å²) in [5.74, 6) is -4.39. The summed E-state index contributed by atoms with van der Waals surface area (Å²) in [5.41, 5.74) is 5.64. The van der Waals surface area contributed by atoms with Gasteiger partial charge < -0.3 is 35.4 Å². The van der Waals surface area contributed by atoms with E-state index in [1.807, 2.05) is 0 Å². The Bertz CT molecular complexity index is 1210. The summed E-state index contributed by atoms with van der Waals surface area (Å²) < 4.78 is 39.3. The van der Waals surface area contributed by atoms with Crippen LogP contribution in [0.3, 0.4) is 0 Å². The Morgan fingerprint density at radius 1 is 1.38 bits per heavy atom. The van der Waals surface area contributed by atoms with Crippen LogP contribution in [0.25, 0.3) is 0 Å². The van der Waals surface area contributed by atoms with Crippen molar-refractivity contribution >= 4 is 23.6 Å². The Balaban J connectivity index is 1.87. The Morgan fingerprint density at radius 3 is 2.81 bits per heavy atom. The Labute approximate surface area is 244 Å². The number of nitrogens with two attached hydrogens (primary N) is 1. The third kappa shape index (κ3) is 10.5. The van der Waals surface area contributed by atoms with E-state index in [0.717, 1.165) is 6.08 Å². The van der Waals surface area contributed by atoms with Crippen molar-refractivity contribution in [3.05, 3.63) is 71.3 Å². The monoisotopic (exact) mass is 591 g/mol. The molecule has 1 unspecified atom stereocenters. The molecule has 0 bridgehead atoms. The number of halogens is 2. The molecular weight excluding hydrogens is 552 g/mol. The molecule has 1 fully saturated rings. The molecule has 0 radical (unpaired) electrons. The van der Waals surface area contributed by atoms with Gasteiger partial charge in [-0.1, -0.05) is 25.7 Å². The molecule has 1 heterocycles. The molecule has 0 aromatic carbocycles. The first-order chi connectivity index (χ1) is 20.0. The van der Waals surface area contributed by atoms with Crippen LogP contribution in [0, 0.1) is 5.41 Å². The van der Waals surface area contributed by atoms with Gasteiger partial charge in [-0.3, -0.25) is 19.8 Å². The Hall–Kier alpha value is -3.94. The molecule has 0 spiro atoms. The molecule has 0 saturated carbocycles. The number of carbonyl (C=O) groups is 3. The van der Waals surface area contributed by atoms with Crippen LogP contribution in [0.2, 0.25) is 0 Å². The second-order valence-electron chi connectivity index (χ2n) is 9.53. The number of aliphatic hydroxyl groups excluding tert-OH is 1. The number of nitrogens with zero attached hydrogens (tertiary/aromatic N) is 2. The molecule has 2 aliphatic rings. The van der Waals surface area contributed by atoms with E-state index in [2.05, 4.69) is 11.9 Å². The van der Waals surface area contributed by atoms with Crippen LogP contribution in [0.15, 0.2) is 71.3 Å². The molecule has 2 rings (SSSR count). The predicted octanol–water partition coefficient (Wildman–Crippen LogP) is 2.63. The second kappa shape index (κ2) is 17.1. The van der Waals surface area contributed by atoms with Crippen molar-refractivity contribution in [1.29, 1.82) is 5.41 Å². The summed E-state index contributed by atoms with van der Waals surface area (Å²) in [5, 5.41) is 19.7. The summed E-state index contributed by atoms with van der Waals surface area (Å²) >= 11 is 0. The smallest absolute Gasteiger partial charge is 0.252 e. The largest absolute Gasteiger partial charge is 0.390 e. The second-order valence-corrected chi connectivity index (χ2v) is 9.53.